The number of hydrogen-bond acceptors (Lipinski definition) is 2. The zero-order valence-electron chi connectivity index (χ0n) is 14.1. The zero-order valence-corrected chi connectivity index (χ0v) is 14.1. The molecule has 0 saturated carbocycles. The molecular weight excluding hydrogens is 234 g/mol. The summed E-state index contributed by atoms with van der Waals surface area (Å²) >= 11 is 0. The lowest BCUT2D eigenvalue weighted by molar-refractivity contribution is -0.0110. The minimum Gasteiger partial charge on any atom is -0.375 e. The summed E-state index contributed by atoms with van der Waals surface area (Å²) in [5, 5.41) is 3.74. The van der Waals surface area contributed by atoms with Crippen LogP contribution in [0.4, 0.5) is 0 Å². The summed E-state index contributed by atoms with van der Waals surface area (Å²) < 4.78 is 5.77. The predicted molar refractivity (Wildman–Crippen MR) is 85.8 cm³/mol. The van der Waals surface area contributed by atoms with Gasteiger partial charge in [-0.3, -0.25) is 0 Å². The first-order valence-electron chi connectivity index (χ1n) is 8.43. The summed E-state index contributed by atoms with van der Waals surface area (Å²) in [7, 11) is 0. The fraction of sp³-hybridized carbons (Fsp3) is 1.00. The van der Waals surface area contributed by atoms with Crippen molar-refractivity contribution in [1.29, 1.82) is 0 Å². The molecule has 2 nitrogen and oxygen atoms in total. The normalized spacial score (nSPS) is 12.3. The molecule has 0 spiro atoms. The van der Waals surface area contributed by atoms with Gasteiger partial charge in [0.1, 0.15) is 0 Å². The number of ether oxygens (including phenoxy) is 1. The van der Waals surface area contributed by atoms with Gasteiger partial charge in [-0.1, -0.05) is 52.4 Å². The molecule has 1 N–H and O–H groups in total. The number of nitrogens with one attached hydrogen (secondary N) is 1. The Hall–Kier alpha value is -0.0800. The van der Waals surface area contributed by atoms with E-state index in [4.69, 9.17) is 4.74 Å². The highest BCUT2D eigenvalue weighted by Crippen LogP contribution is 2.13. The quantitative estimate of drug-likeness (QED) is 0.480. The monoisotopic (exact) mass is 271 g/mol. The largest absolute Gasteiger partial charge is 0.375 e. The van der Waals surface area contributed by atoms with Gasteiger partial charge in [-0.15, -0.1) is 0 Å². The molecule has 0 aliphatic rings. The molecule has 0 amide bonds. The van der Waals surface area contributed by atoms with E-state index in [1.807, 2.05) is 0 Å². The average molecular weight is 271 g/mol. The first kappa shape index (κ1) is 18.9. The van der Waals surface area contributed by atoms with Gasteiger partial charge in [-0.05, 0) is 33.6 Å². The van der Waals surface area contributed by atoms with Gasteiger partial charge in [-0.2, -0.15) is 0 Å². The Morgan fingerprint density at radius 2 is 1.42 bits per heavy atom. The van der Waals surface area contributed by atoms with Gasteiger partial charge >= 0.3 is 0 Å². The lowest BCUT2D eigenvalue weighted by Gasteiger charge is -2.28. The summed E-state index contributed by atoms with van der Waals surface area (Å²) in [6, 6.07) is 0.679. The molecule has 0 unspecified atom stereocenters. The summed E-state index contributed by atoms with van der Waals surface area (Å²) in [4.78, 5) is 0. The van der Waals surface area contributed by atoms with E-state index in [1.165, 1.54) is 51.4 Å². The standard InChI is InChI=1S/C17H37NO/c1-6-9-11-13-16(14-12-10-7-2)18-15-17(4,5)19-8-3/h16,18H,6-15H2,1-5H3. The van der Waals surface area contributed by atoms with Crippen molar-refractivity contribution >= 4 is 0 Å². The Morgan fingerprint density at radius 3 is 1.84 bits per heavy atom. The predicted octanol–water partition coefficient (Wildman–Crippen LogP) is 4.92. The molecule has 19 heavy (non-hydrogen) atoms. The Kier molecular flexibility index (Phi) is 11.7. The van der Waals surface area contributed by atoms with Crippen LogP contribution in [0.25, 0.3) is 0 Å². The first-order valence-corrected chi connectivity index (χ1v) is 8.43. The fourth-order valence-electron chi connectivity index (χ4n) is 2.46. The lowest BCUT2D eigenvalue weighted by Crippen LogP contribution is -2.42. The van der Waals surface area contributed by atoms with E-state index in [2.05, 4.69) is 39.9 Å². The smallest absolute Gasteiger partial charge is 0.0750 e. The molecule has 0 atom stereocenters. The van der Waals surface area contributed by atoms with Gasteiger partial charge in [0.25, 0.3) is 0 Å². The summed E-state index contributed by atoms with van der Waals surface area (Å²) in [6.07, 6.45) is 10.7. The molecule has 0 aromatic heterocycles. The van der Waals surface area contributed by atoms with Crippen molar-refractivity contribution in [2.75, 3.05) is 13.2 Å². The zero-order chi connectivity index (χ0) is 14.6. The van der Waals surface area contributed by atoms with E-state index in [1.54, 1.807) is 0 Å². The van der Waals surface area contributed by atoms with Crippen molar-refractivity contribution in [2.45, 2.75) is 97.6 Å². The van der Waals surface area contributed by atoms with Gasteiger partial charge in [0, 0.05) is 19.2 Å². The van der Waals surface area contributed by atoms with E-state index in [-0.39, 0.29) is 5.60 Å². The molecule has 0 aliphatic carbocycles. The highest BCUT2D eigenvalue weighted by Gasteiger charge is 2.19. The van der Waals surface area contributed by atoms with Crippen LogP contribution in [-0.2, 0) is 4.74 Å². The molecule has 0 bridgehead atoms. The van der Waals surface area contributed by atoms with Crippen molar-refractivity contribution in [3.05, 3.63) is 0 Å². The maximum Gasteiger partial charge on any atom is 0.0750 e. The third kappa shape index (κ3) is 11.4. The van der Waals surface area contributed by atoms with Gasteiger partial charge < -0.3 is 10.1 Å². The molecule has 0 aromatic rings. The molecular formula is C17H37NO. The van der Waals surface area contributed by atoms with Crippen molar-refractivity contribution < 1.29 is 4.74 Å². The molecule has 2 heteroatoms. The second kappa shape index (κ2) is 11.7. The summed E-state index contributed by atoms with van der Waals surface area (Å²) in [5.41, 5.74) is -0.0392. The number of hydrogen-bond donors (Lipinski definition) is 1. The third-order valence-corrected chi connectivity index (χ3v) is 3.66. The van der Waals surface area contributed by atoms with Crippen LogP contribution in [0.15, 0.2) is 0 Å². The van der Waals surface area contributed by atoms with Gasteiger partial charge in [-0.25, -0.2) is 0 Å². The summed E-state index contributed by atoms with van der Waals surface area (Å²) in [6.45, 7) is 12.7. The van der Waals surface area contributed by atoms with Crippen LogP contribution in [0.1, 0.15) is 86.0 Å². The van der Waals surface area contributed by atoms with Gasteiger partial charge in [0.2, 0.25) is 0 Å². The molecule has 0 aliphatic heterocycles. The summed E-state index contributed by atoms with van der Waals surface area (Å²) in [5.74, 6) is 0. The van der Waals surface area contributed by atoms with Crippen molar-refractivity contribution in [3.63, 3.8) is 0 Å². The lowest BCUT2D eigenvalue weighted by atomic mass is 10.0. The SMILES string of the molecule is CCCCCC(CCCCC)NCC(C)(C)OCC. The Balaban J connectivity index is 4.01. The third-order valence-electron chi connectivity index (χ3n) is 3.66. The minimum absolute atomic E-state index is 0.0392. The van der Waals surface area contributed by atoms with E-state index >= 15 is 0 Å². The second-order valence-corrected chi connectivity index (χ2v) is 6.26. The molecule has 0 aromatic carbocycles. The molecule has 0 saturated heterocycles. The van der Waals surface area contributed by atoms with E-state index in [0.717, 1.165) is 13.2 Å². The van der Waals surface area contributed by atoms with Crippen LogP contribution < -0.4 is 5.32 Å². The fourth-order valence-corrected chi connectivity index (χ4v) is 2.46. The molecule has 0 radical (unpaired) electrons. The molecule has 116 valence electrons. The highest BCUT2D eigenvalue weighted by atomic mass is 16.5. The Bertz CT molecular complexity index is 182. The van der Waals surface area contributed by atoms with Crippen LogP contribution in [-0.4, -0.2) is 24.8 Å². The topological polar surface area (TPSA) is 21.3 Å². The van der Waals surface area contributed by atoms with Crippen LogP contribution >= 0.6 is 0 Å². The van der Waals surface area contributed by atoms with Crippen molar-refractivity contribution in [1.82, 2.24) is 5.32 Å². The molecule has 0 rings (SSSR count). The number of unbranched alkanes of at least 4 members (excludes halogenated alkanes) is 4. The minimum atomic E-state index is -0.0392. The van der Waals surface area contributed by atoms with Crippen LogP contribution in [0.2, 0.25) is 0 Å². The average Bonchev–Trinajstić information content (AvgIpc) is 2.36. The van der Waals surface area contributed by atoms with Crippen LogP contribution in [0, 0.1) is 0 Å². The van der Waals surface area contributed by atoms with E-state index in [9.17, 15) is 0 Å². The van der Waals surface area contributed by atoms with Crippen LogP contribution in [0.5, 0.6) is 0 Å². The first-order chi connectivity index (χ1) is 9.05. The van der Waals surface area contributed by atoms with Gasteiger partial charge in [0.15, 0.2) is 0 Å². The maximum atomic E-state index is 5.77. The van der Waals surface area contributed by atoms with Crippen molar-refractivity contribution in [2.24, 2.45) is 0 Å². The Labute approximate surface area is 121 Å². The number of rotatable bonds is 13. The van der Waals surface area contributed by atoms with Crippen LogP contribution in [0.3, 0.4) is 0 Å². The Morgan fingerprint density at radius 1 is 0.895 bits per heavy atom. The van der Waals surface area contributed by atoms with Crippen molar-refractivity contribution in [3.8, 4) is 0 Å². The maximum absolute atomic E-state index is 5.77. The van der Waals surface area contributed by atoms with E-state index in [0.29, 0.717) is 6.04 Å². The molecule has 0 fully saturated rings. The second-order valence-electron chi connectivity index (χ2n) is 6.26. The molecule has 0 heterocycles. The highest BCUT2D eigenvalue weighted by molar-refractivity contribution is 4.76. The van der Waals surface area contributed by atoms with E-state index < -0.39 is 0 Å². The van der Waals surface area contributed by atoms with Gasteiger partial charge in [0.05, 0.1) is 5.60 Å².